The standard InChI is InChI=1S/C17H21N3O2/c21-17-14(11-20-4-6-22-7-5-20)9-13-8-12-2-1-3-18-15(12)10-16(13)19-17/h8-10,18H,1-7,11H2,(H,19,21). The van der Waals surface area contributed by atoms with Crippen LogP contribution in [0.3, 0.4) is 0 Å². The van der Waals surface area contributed by atoms with Crippen LogP contribution in [0, 0.1) is 0 Å². The molecule has 1 aromatic carbocycles. The Balaban J connectivity index is 1.70. The molecule has 22 heavy (non-hydrogen) atoms. The Morgan fingerprint density at radius 1 is 1.18 bits per heavy atom. The molecular formula is C17H21N3O2. The first-order valence-corrected chi connectivity index (χ1v) is 8.02. The van der Waals surface area contributed by atoms with Crippen molar-refractivity contribution >= 4 is 16.6 Å². The van der Waals surface area contributed by atoms with Gasteiger partial charge in [-0.25, -0.2) is 0 Å². The van der Waals surface area contributed by atoms with Crippen molar-refractivity contribution in [3.8, 4) is 0 Å². The van der Waals surface area contributed by atoms with E-state index in [2.05, 4.69) is 33.4 Å². The number of hydrogen-bond donors (Lipinski definition) is 2. The highest BCUT2D eigenvalue weighted by atomic mass is 16.5. The fourth-order valence-corrected chi connectivity index (χ4v) is 3.34. The third-order valence-electron chi connectivity index (χ3n) is 4.58. The number of pyridine rings is 1. The van der Waals surface area contributed by atoms with Crippen LogP contribution in [0.25, 0.3) is 10.9 Å². The molecule has 0 amide bonds. The molecule has 3 heterocycles. The van der Waals surface area contributed by atoms with E-state index in [0.717, 1.165) is 61.4 Å². The van der Waals surface area contributed by atoms with E-state index < -0.39 is 0 Å². The van der Waals surface area contributed by atoms with Crippen molar-refractivity contribution in [3.05, 3.63) is 39.7 Å². The molecule has 0 radical (unpaired) electrons. The zero-order valence-electron chi connectivity index (χ0n) is 12.7. The molecule has 1 saturated heterocycles. The zero-order valence-corrected chi connectivity index (χ0v) is 12.7. The molecule has 4 rings (SSSR count). The van der Waals surface area contributed by atoms with Crippen LogP contribution in [0.15, 0.2) is 23.0 Å². The van der Waals surface area contributed by atoms with Crippen molar-refractivity contribution in [2.75, 3.05) is 38.2 Å². The van der Waals surface area contributed by atoms with Gasteiger partial charge in [0.25, 0.3) is 5.56 Å². The minimum Gasteiger partial charge on any atom is -0.385 e. The van der Waals surface area contributed by atoms with Crippen molar-refractivity contribution < 1.29 is 4.74 Å². The second kappa shape index (κ2) is 5.74. The van der Waals surface area contributed by atoms with Crippen LogP contribution in [-0.2, 0) is 17.7 Å². The number of ether oxygens (including phenoxy) is 1. The van der Waals surface area contributed by atoms with Gasteiger partial charge in [0.1, 0.15) is 0 Å². The molecule has 0 saturated carbocycles. The summed E-state index contributed by atoms with van der Waals surface area (Å²) in [7, 11) is 0. The Hall–Kier alpha value is -1.85. The summed E-state index contributed by atoms with van der Waals surface area (Å²) in [6, 6.07) is 6.35. The SMILES string of the molecule is O=c1[nH]c2cc3c(cc2cc1CN1CCOCC1)CCCN3. The van der Waals surface area contributed by atoms with E-state index in [-0.39, 0.29) is 5.56 Å². The molecule has 1 fully saturated rings. The van der Waals surface area contributed by atoms with Crippen molar-refractivity contribution in [1.29, 1.82) is 0 Å². The summed E-state index contributed by atoms with van der Waals surface area (Å²) in [6.07, 6.45) is 2.28. The number of fused-ring (bicyclic) bond motifs is 2. The number of nitrogens with one attached hydrogen (secondary N) is 2. The Labute approximate surface area is 129 Å². The average molecular weight is 299 g/mol. The van der Waals surface area contributed by atoms with E-state index >= 15 is 0 Å². The Morgan fingerprint density at radius 3 is 2.91 bits per heavy atom. The number of rotatable bonds is 2. The molecule has 0 atom stereocenters. The highest BCUT2D eigenvalue weighted by molar-refractivity contribution is 5.84. The van der Waals surface area contributed by atoms with E-state index in [4.69, 9.17) is 4.74 Å². The second-order valence-electron chi connectivity index (χ2n) is 6.14. The maximum absolute atomic E-state index is 12.3. The first-order valence-electron chi connectivity index (χ1n) is 8.02. The number of anilines is 1. The predicted molar refractivity (Wildman–Crippen MR) is 87.5 cm³/mol. The molecule has 116 valence electrons. The Bertz CT molecular complexity index is 747. The van der Waals surface area contributed by atoms with Crippen LogP contribution in [0.2, 0.25) is 0 Å². The van der Waals surface area contributed by atoms with Gasteiger partial charge in [-0.05, 0) is 42.0 Å². The summed E-state index contributed by atoms with van der Waals surface area (Å²) < 4.78 is 5.37. The summed E-state index contributed by atoms with van der Waals surface area (Å²) in [5.74, 6) is 0. The van der Waals surface area contributed by atoms with Crippen molar-refractivity contribution in [1.82, 2.24) is 9.88 Å². The highest BCUT2D eigenvalue weighted by Crippen LogP contribution is 2.26. The summed E-state index contributed by atoms with van der Waals surface area (Å²) in [4.78, 5) is 17.7. The van der Waals surface area contributed by atoms with Crippen LogP contribution in [0.5, 0.6) is 0 Å². The number of benzene rings is 1. The minimum absolute atomic E-state index is 0.0229. The molecule has 2 aromatic rings. The molecule has 0 unspecified atom stereocenters. The largest absolute Gasteiger partial charge is 0.385 e. The topological polar surface area (TPSA) is 57.4 Å². The van der Waals surface area contributed by atoms with Gasteiger partial charge in [0.2, 0.25) is 0 Å². The van der Waals surface area contributed by atoms with Gasteiger partial charge in [0.05, 0.1) is 18.7 Å². The lowest BCUT2D eigenvalue weighted by Crippen LogP contribution is -2.37. The number of aromatic amines is 1. The second-order valence-corrected chi connectivity index (χ2v) is 6.14. The lowest BCUT2D eigenvalue weighted by molar-refractivity contribution is 0.0340. The lowest BCUT2D eigenvalue weighted by Gasteiger charge is -2.26. The van der Waals surface area contributed by atoms with E-state index in [0.29, 0.717) is 6.54 Å². The van der Waals surface area contributed by atoms with Crippen LogP contribution >= 0.6 is 0 Å². The number of aromatic nitrogens is 1. The van der Waals surface area contributed by atoms with E-state index in [1.54, 1.807) is 0 Å². The smallest absolute Gasteiger partial charge is 0.252 e. The number of hydrogen-bond acceptors (Lipinski definition) is 4. The van der Waals surface area contributed by atoms with Crippen molar-refractivity contribution in [3.63, 3.8) is 0 Å². The first kappa shape index (κ1) is 13.8. The van der Waals surface area contributed by atoms with Gasteiger partial charge < -0.3 is 15.0 Å². The number of morpholine rings is 1. The molecule has 0 aliphatic carbocycles. The summed E-state index contributed by atoms with van der Waals surface area (Å²) in [5.41, 5.74) is 4.30. The fraction of sp³-hybridized carbons (Fsp3) is 0.471. The van der Waals surface area contributed by atoms with Crippen molar-refractivity contribution in [2.45, 2.75) is 19.4 Å². The number of aryl methyl sites for hydroxylation is 1. The molecule has 2 N–H and O–H groups in total. The first-order chi connectivity index (χ1) is 10.8. The quantitative estimate of drug-likeness (QED) is 0.886. The van der Waals surface area contributed by atoms with Crippen LogP contribution in [0.1, 0.15) is 17.5 Å². The maximum atomic E-state index is 12.3. The lowest BCUT2D eigenvalue weighted by atomic mass is 10.00. The summed E-state index contributed by atoms with van der Waals surface area (Å²) >= 11 is 0. The van der Waals surface area contributed by atoms with Crippen LogP contribution < -0.4 is 10.9 Å². The Morgan fingerprint density at radius 2 is 2.05 bits per heavy atom. The van der Waals surface area contributed by atoms with Gasteiger partial charge in [-0.15, -0.1) is 0 Å². The molecule has 1 aromatic heterocycles. The van der Waals surface area contributed by atoms with Gasteiger partial charge in [0.15, 0.2) is 0 Å². The van der Waals surface area contributed by atoms with Crippen LogP contribution in [-0.4, -0.2) is 42.7 Å². The Kier molecular flexibility index (Phi) is 3.60. The summed E-state index contributed by atoms with van der Waals surface area (Å²) in [5, 5.41) is 4.54. The van der Waals surface area contributed by atoms with Gasteiger partial charge in [-0.2, -0.15) is 0 Å². The molecule has 0 bridgehead atoms. The van der Waals surface area contributed by atoms with E-state index in [9.17, 15) is 4.79 Å². The molecule has 0 spiro atoms. The van der Waals surface area contributed by atoms with E-state index in [1.807, 2.05) is 0 Å². The third kappa shape index (κ3) is 2.62. The zero-order chi connectivity index (χ0) is 14.9. The van der Waals surface area contributed by atoms with Gasteiger partial charge >= 0.3 is 0 Å². The molecule has 2 aliphatic rings. The predicted octanol–water partition coefficient (Wildman–Crippen LogP) is 1.72. The monoisotopic (exact) mass is 299 g/mol. The minimum atomic E-state index is 0.0229. The van der Waals surface area contributed by atoms with Gasteiger partial charge in [-0.3, -0.25) is 9.69 Å². The van der Waals surface area contributed by atoms with Crippen LogP contribution in [0.4, 0.5) is 5.69 Å². The normalized spacial score (nSPS) is 18.9. The van der Waals surface area contributed by atoms with Gasteiger partial charge in [0, 0.05) is 37.4 Å². The highest BCUT2D eigenvalue weighted by Gasteiger charge is 2.15. The molecule has 5 nitrogen and oxygen atoms in total. The summed E-state index contributed by atoms with van der Waals surface area (Å²) in [6.45, 7) is 5.01. The molecule has 5 heteroatoms. The third-order valence-corrected chi connectivity index (χ3v) is 4.58. The number of H-pyrrole nitrogens is 1. The number of nitrogens with zero attached hydrogens (tertiary/aromatic N) is 1. The molecular weight excluding hydrogens is 278 g/mol. The molecule has 2 aliphatic heterocycles. The maximum Gasteiger partial charge on any atom is 0.252 e. The average Bonchev–Trinajstić information content (AvgIpc) is 2.55. The van der Waals surface area contributed by atoms with Crippen molar-refractivity contribution in [2.24, 2.45) is 0 Å². The van der Waals surface area contributed by atoms with Gasteiger partial charge in [-0.1, -0.05) is 0 Å². The van der Waals surface area contributed by atoms with E-state index in [1.165, 1.54) is 12.0 Å². The fourth-order valence-electron chi connectivity index (χ4n) is 3.34.